The van der Waals surface area contributed by atoms with Gasteiger partial charge >= 0.3 is 0 Å². The van der Waals surface area contributed by atoms with Crippen LogP contribution in [-0.2, 0) is 10.0 Å². The quantitative estimate of drug-likeness (QED) is 0.813. The maximum Gasteiger partial charge on any atom is 0.212 e. The minimum atomic E-state index is -3.10. The Bertz CT molecular complexity index is 467. The molecule has 0 N–H and O–H groups in total. The number of hydrogen-bond donors (Lipinski definition) is 0. The number of aryl methyl sites for hydroxylation is 1. The standard InChI is InChI=1S/C11H15NO2S2/c1-9-3-5-10(6-4-9)11-12(7-8-15-11)16(2,13)14/h3-6,11H,7-8H2,1-2H3. The summed E-state index contributed by atoms with van der Waals surface area (Å²) in [6, 6.07) is 8.07. The minimum absolute atomic E-state index is 0.0457. The maximum atomic E-state index is 11.6. The van der Waals surface area contributed by atoms with Crippen LogP contribution in [0.2, 0.25) is 0 Å². The van der Waals surface area contributed by atoms with E-state index in [4.69, 9.17) is 0 Å². The first kappa shape index (κ1) is 12.0. The van der Waals surface area contributed by atoms with E-state index in [0.29, 0.717) is 6.54 Å². The predicted octanol–water partition coefficient (Wildman–Crippen LogP) is 2.00. The van der Waals surface area contributed by atoms with Crippen LogP contribution in [0.15, 0.2) is 24.3 Å². The molecule has 2 rings (SSSR count). The molecule has 16 heavy (non-hydrogen) atoms. The topological polar surface area (TPSA) is 37.4 Å². The molecule has 1 heterocycles. The zero-order chi connectivity index (χ0) is 11.8. The molecule has 5 heteroatoms. The Labute approximate surface area is 101 Å². The summed E-state index contributed by atoms with van der Waals surface area (Å²) >= 11 is 1.68. The minimum Gasteiger partial charge on any atom is -0.212 e. The second kappa shape index (κ2) is 4.39. The van der Waals surface area contributed by atoms with Crippen LogP contribution in [-0.4, -0.2) is 31.3 Å². The van der Waals surface area contributed by atoms with Gasteiger partial charge in [-0.15, -0.1) is 11.8 Å². The van der Waals surface area contributed by atoms with E-state index in [2.05, 4.69) is 0 Å². The van der Waals surface area contributed by atoms with Gasteiger partial charge in [0.1, 0.15) is 0 Å². The lowest BCUT2D eigenvalue weighted by Crippen LogP contribution is -2.29. The second-order valence-electron chi connectivity index (χ2n) is 4.01. The molecule has 1 aromatic rings. The van der Waals surface area contributed by atoms with Crippen LogP contribution in [0, 0.1) is 6.92 Å². The molecule has 88 valence electrons. The number of rotatable bonds is 2. The van der Waals surface area contributed by atoms with E-state index >= 15 is 0 Å². The Kier molecular flexibility index (Phi) is 3.28. The molecule has 1 saturated heterocycles. The molecule has 1 aromatic carbocycles. The van der Waals surface area contributed by atoms with Crippen molar-refractivity contribution < 1.29 is 8.42 Å². The lowest BCUT2D eigenvalue weighted by Gasteiger charge is -2.21. The first-order valence-electron chi connectivity index (χ1n) is 5.13. The molecule has 0 radical (unpaired) electrons. The molecule has 0 amide bonds. The lowest BCUT2D eigenvalue weighted by atomic mass is 10.1. The van der Waals surface area contributed by atoms with Crippen molar-refractivity contribution in [3.63, 3.8) is 0 Å². The highest BCUT2D eigenvalue weighted by atomic mass is 32.2. The van der Waals surface area contributed by atoms with Crippen molar-refractivity contribution in [3.05, 3.63) is 35.4 Å². The second-order valence-corrected chi connectivity index (χ2v) is 7.13. The first-order chi connectivity index (χ1) is 7.48. The van der Waals surface area contributed by atoms with Gasteiger partial charge in [-0.3, -0.25) is 0 Å². The van der Waals surface area contributed by atoms with Crippen molar-refractivity contribution >= 4 is 21.8 Å². The highest BCUT2D eigenvalue weighted by Gasteiger charge is 2.32. The summed E-state index contributed by atoms with van der Waals surface area (Å²) in [5.41, 5.74) is 2.26. The Morgan fingerprint density at radius 3 is 2.50 bits per heavy atom. The van der Waals surface area contributed by atoms with Gasteiger partial charge in [0.25, 0.3) is 0 Å². The SMILES string of the molecule is Cc1ccc(C2SCCN2S(C)(=O)=O)cc1. The van der Waals surface area contributed by atoms with Gasteiger partial charge in [0.05, 0.1) is 11.6 Å². The monoisotopic (exact) mass is 257 g/mol. The van der Waals surface area contributed by atoms with Gasteiger partial charge in [0, 0.05) is 12.3 Å². The average Bonchev–Trinajstić information content (AvgIpc) is 2.66. The number of thioether (sulfide) groups is 1. The summed E-state index contributed by atoms with van der Waals surface area (Å²) in [6.07, 6.45) is 1.28. The van der Waals surface area contributed by atoms with E-state index < -0.39 is 10.0 Å². The highest BCUT2D eigenvalue weighted by Crippen LogP contribution is 2.39. The van der Waals surface area contributed by atoms with E-state index in [0.717, 1.165) is 11.3 Å². The lowest BCUT2D eigenvalue weighted by molar-refractivity contribution is 0.439. The van der Waals surface area contributed by atoms with Gasteiger partial charge < -0.3 is 0 Å². The molecular weight excluding hydrogens is 242 g/mol. The maximum absolute atomic E-state index is 11.6. The van der Waals surface area contributed by atoms with Crippen molar-refractivity contribution in [3.8, 4) is 0 Å². The number of nitrogens with zero attached hydrogens (tertiary/aromatic N) is 1. The Morgan fingerprint density at radius 2 is 1.94 bits per heavy atom. The zero-order valence-corrected chi connectivity index (χ0v) is 11.0. The predicted molar refractivity (Wildman–Crippen MR) is 67.9 cm³/mol. The third kappa shape index (κ3) is 2.42. The molecule has 1 aliphatic rings. The van der Waals surface area contributed by atoms with Crippen molar-refractivity contribution in [2.45, 2.75) is 12.3 Å². The van der Waals surface area contributed by atoms with Crippen molar-refractivity contribution in [2.24, 2.45) is 0 Å². The average molecular weight is 257 g/mol. The number of hydrogen-bond acceptors (Lipinski definition) is 3. The molecule has 0 spiro atoms. The van der Waals surface area contributed by atoms with Gasteiger partial charge in [-0.2, -0.15) is 4.31 Å². The van der Waals surface area contributed by atoms with Gasteiger partial charge in [0.15, 0.2) is 0 Å². The molecule has 0 bridgehead atoms. The van der Waals surface area contributed by atoms with Crippen LogP contribution in [0.3, 0.4) is 0 Å². The van der Waals surface area contributed by atoms with Crippen LogP contribution in [0.4, 0.5) is 0 Å². The molecule has 1 atom stereocenters. The fraction of sp³-hybridized carbons (Fsp3) is 0.455. The fourth-order valence-corrected chi connectivity index (χ4v) is 4.59. The Morgan fingerprint density at radius 1 is 1.31 bits per heavy atom. The Balaban J connectivity index is 2.30. The van der Waals surface area contributed by atoms with Crippen molar-refractivity contribution in [1.29, 1.82) is 0 Å². The highest BCUT2D eigenvalue weighted by molar-refractivity contribution is 8.00. The third-order valence-corrected chi connectivity index (χ3v) is 5.28. The molecule has 0 saturated carbocycles. The molecule has 1 aliphatic heterocycles. The molecule has 1 unspecified atom stereocenters. The summed E-state index contributed by atoms with van der Waals surface area (Å²) in [4.78, 5) is 0. The van der Waals surface area contributed by atoms with E-state index in [1.165, 1.54) is 11.8 Å². The van der Waals surface area contributed by atoms with Crippen LogP contribution in [0.25, 0.3) is 0 Å². The van der Waals surface area contributed by atoms with Crippen LogP contribution in [0.1, 0.15) is 16.5 Å². The number of sulfonamides is 1. The first-order valence-corrected chi connectivity index (χ1v) is 8.03. The van der Waals surface area contributed by atoms with Crippen molar-refractivity contribution in [1.82, 2.24) is 4.31 Å². The van der Waals surface area contributed by atoms with E-state index in [1.54, 1.807) is 16.1 Å². The summed E-state index contributed by atoms with van der Waals surface area (Å²) < 4.78 is 24.8. The van der Waals surface area contributed by atoms with Gasteiger partial charge in [-0.25, -0.2) is 8.42 Å². The summed E-state index contributed by atoms with van der Waals surface area (Å²) in [5.74, 6) is 0.867. The smallest absolute Gasteiger partial charge is 0.212 e. The molecular formula is C11H15NO2S2. The molecule has 0 aliphatic carbocycles. The van der Waals surface area contributed by atoms with Crippen LogP contribution >= 0.6 is 11.8 Å². The van der Waals surface area contributed by atoms with Crippen LogP contribution < -0.4 is 0 Å². The number of benzene rings is 1. The third-order valence-electron chi connectivity index (χ3n) is 2.64. The summed E-state index contributed by atoms with van der Waals surface area (Å²) in [5, 5.41) is -0.0457. The Hall–Kier alpha value is -0.520. The molecule has 3 nitrogen and oxygen atoms in total. The van der Waals surface area contributed by atoms with Gasteiger partial charge in [-0.05, 0) is 12.5 Å². The van der Waals surface area contributed by atoms with Gasteiger partial charge in [0.2, 0.25) is 10.0 Å². The fourth-order valence-electron chi connectivity index (χ4n) is 1.79. The van der Waals surface area contributed by atoms with Crippen molar-refractivity contribution in [2.75, 3.05) is 18.6 Å². The van der Waals surface area contributed by atoms with E-state index in [-0.39, 0.29) is 5.37 Å². The van der Waals surface area contributed by atoms with Crippen LogP contribution in [0.5, 0.6) is 0 Å². The zero-order valence-electron chi connectivity index (χ0n) is 9.38. The molecule has 0 aromatic heterocycles. The van der Waals surface area contributed by atoms with Gasteiger partial charge in [-0.1, -0.05) is 29.8 Å². The molecule has 1 fully saturated rings. The normalized spacial score (nSPS) is 22.5. The largest absolute Gasteiger partial charge is 0.212 e. The van der Waals surface area contributed by atoms with E-state index in [9.17, 15) is 8.42 Å². The summed E-state index contributed by atoms with van der Waals surface area (Å²) in [7, 11) is -3.10. The van der Waals surface area contributed by atoms with E-state index in [1.807, 2.05) is 31.2 Å². The summed E-state index contributed by atoms with van der Waals surface area (Å²) in [6.45, 7) is 2.64.